The summed E-state index contributed by atoms with van der Waals surface area (Å²) in [5.41, 5.74) is 3.68. The van der Waals surface area contributed by atoms with Crippen molar-refractivity contribution in [1.29, 1.82) is 0 Å². The molecule has 0 saturated heterocycles. The van der Waals surface area contributed by atoms with Crippen LogP contribution in [0.4, 0.5) is 0 Å². The Morgan fingerprint density at radius 3 is 2.44 bits per heavy atom. The van der Waals surface area contributed by atoms with E-state index >= 15 is 0 Å². The molecule has 1 fully saturated rings. The molecule has 2 N–H and O–H groups in total. The molecule has 0 aliphatic heterocycles. The number of hydrogen-bond acceptors (Lipinski definition) is 2. The molecule has 18 heavy (non-hydrogen) atoms. The van der Waals surface area contributed by atoms with Crippen LogP contribution in [0, 0.1) is 19.8 Å². The summed E-state index contributed by atoms with van der Waals surface area (Å²) >= 11 is 0. The SMILES string of the molecule is Cc1n[nH]c(C)c1CN[C@H](C)C1CCCCCC1. The first-order valence-electron chi connectivity index (χ1n) is 7.42. The van der Waals surface area contributed by atoms with Gasteiger partial charge < -0.3 is 5.32 Å². The fraction of sp³-hybridized carbons (Fsp3) is 0.800. The van der Waals surface area contributed by atoms with E-state index in [-0.39, 0.29) is 0 Å². The summed E-state index contributed by atoms with van der Waals surface area (Å²) in [6, 6.07) is 0.622. The second-order valence-corrected chi connectivity index (χ2v) is 5.83. The van der Waals surface area contributed by atoms with E-state index in [1.54, 1.807) is 0 Å². The van der Waals surface area contributed by atoms with Gasteiger partial charge in [-0.1, -0.05) is 25.7 Å². The molecule has 3 heteroatoms. The lowest BCUT2D eigenvalue weighted by Crippen LogP contribution is -2.33. The highest BCUT2D eigenvalue weighted by Crippen LogP contribution is 2.25. The molecule has 0 aromatic carbocycles. The van der Waals surface area contributed by atoms with Crippen molar-refractivity contribution in [3.05, 3.63) is 17.0 Å². The first-order valence-corrected chi connectivity index (χ1v) is 7.42. The Morgan fingerprint density at radius 2 is 1.89 bits per heavy atom. The average Bonchev–Trinajstić information content (AvgIpc) is 2.61. The largest absolute Gasteiger partial charge is 0.310 e. The van der Waals surface area contributed by atoms with Gasteiger partial charge in [0.1, 0.15) is 0 Å². The maximum absolute atomic E-state index is 4.26. The number of aromatic nitrogens is 2. The summed E-state index contributed by atoms with van der Waals surface area (Å²) in [5, 5.41) is 11.0. The third-order valence-corrected chi connectivity index (χ3v) is 4.49. The predicted octanol–water partition coefficient (Wildman–Crippen LogP) is 3.48. The van der Waals surface area contributed by atoms with Gasteiger partial charge in [-0.05, 0) is 39.5 Å². The van der Waals surface area contributed by atoms with Gasteiger partial charge in [0.25, 0.3) is 0 Å². The lowest BCUT2D eigenvalue weighted by molar-refractivity contribution is 0.336. The normalized spacial score (nSPS) is 19.7. The van der Waals surface area contributed by atoms with Crippen LogP contribution in [-0.2, 0) is 6.54 Å². The molecule has 102 valence electrons. The Labute approximate surface area is 111 Å². The van der Waals surface area contributed by atoms with Crippen molar-refractivity contribution in [3.8, 4) is 0 Å². The Hall–Kier alpha value is -0.830. The second kappa shape index (κ2) is 6.37. The number of rotatable bonds is 4. The first kappa shape index (κ1) is 13.6. The van der Waals surface area contributed by atoms with Crippen molar-refractivity contribution in [2.75, 3.05) is 0 Å². The van der Waals surface area contributed by atoms with E-state index in [1.165, 1.54) is 49.8 Å². The first-order chi connectivity index (χ1) is 8.68. The molecule has 1 aromatic rings. The molecular formula is C15H27N3. The lowest BCUT2D eigenvalue weighted by Gasteiger charge is -2.23. The molecule has 1 aliphatic rings. The predicted molar refractivity (Wildman–Crippen MR) is 75.6 cm³/mol. The zero-order valence-corrected chi connectivity index (χ0v) is 12.1. The maximum atomic E-state index is 4.26. The molecule has 0 spiro atoms. The third kappa shape index (κ3) is 3.35. The Balaban J connectivity index is 1.85. The zero-order valence-electron chi connectivity index (χ0n) is 12.1. The van der Waals surface area contributed by atoms with Gasteiger partial charge in [0.05, 0.1) is 5.69 Å². The number of nitrogens with one attached hydrogen (secondary N) is 2. The molecule has 0 radical (unpaired) electrons. The minimum absolute atomic E-state index is 0.622. The van der Waals surface area contributed by atoms with Gasteiger partial charge in [-0.25, -0.2) is 0 Å². The summed E-state index contributed by atoms with van der Waals surface area (Å²) in [7, 11) is 0. The van der Waals surface area contributed by atoms with E-state index in [0.29, 0.717) is 6.04 Å². The van der Waals surface area contributed by atoms with Crippen LogP contribution in [0.25, 0.3) is 0 Å². The number of aryl methyl sites for hydroxylation is 2. The topological polar surface area (TPSA) is 40.7 Å². The summed E-state index contributed by atoms with van der Waals surface area (Å²) < 4.78 is 0. The highest BCUT2D eigenvalue weighted by Gasteiger charge is 2.19. The molecule has 1 aromatic heterocycles. The summed E-state index contributed by atoms with van der Waals surface area (Å²) in [5.74, 6) is 0.861. The minimum Gasteiger partial charge on any atom is -0.310 e. The Bertz CT molecular complexity index is 342. The van der Waals surface area contributed by atoms with Gasteiger partial charge in [-0.3, -0.25) is 5.10 Å². The summed E-state index contributed by atoms with van der Waals surface area (Å²) in [6.07, 6.45) is 8.50. The summed E-state index contributed by atoms with van der Waals surface area (Å²) in [4.78, 5) is 0. The fourth-order valence-corrected chi connectivity index (χ4v) is 3.08. The fourth-order valence-electron chi connectivity index (χ4n) is 3.08. The van der Waals surface area contributed by atoms with Crippen LogP contribution in [0.5, 0.6) is 0 Å². The van der Waals surface area contributed by atoms with E-state index < -0.39 is 0 Å². The molecule has 2 rings (SSSR count). The van der Waals surface area contributed by atoms with Crippen molar-refractivity contribution in [3.63, 3.8) is 0 Å². The van der Waals surface area contributed by atoms with Crippen LogP contribution in [0.15, 0.2) is 0 Å². The van der Waals surface area contributed by atoms with Gasteiger partial charge in [0.15, 0.2) is 0 Å². The number of hydrogen-bond donors (Lipinski definition) is 2. The van der Waals surface area contributed by atoms with Crippen LogP contribution < -0.4 is 5.32 Å². The van der Waals surface area contributed by atoms with E-state index in [9.17, 15) is 0 Å². The van der Waals surface area contributed by atoms with Crippen molar-refractivity contribution in [2.45, 2.75) is 71.9 Å². The van der Waals surface area contributed by atoms with Crippen LogP contribution in [-0.4, -0.2) is 16.2 Å². The van der Waals surface area contributed by atoms with E-state index in [4.69, 9.17) is 0 Å². The van der Waals surface area contributed by atoms with Crippen molar-refractivity contribution in [1.82, 2.24) is 15.5 Å². The van der Waals surface area contributed by atoms with Crippen molar-refractivity contribution < 1.29 is 0 Å². The molecular weight excluding hydrogens is 222 g/mol. The smallest absolute Gasteiger partial charge is 0.0638 e. The molecule has 1 atom stereocenters. The van der Waals surface area contributed by atoms with E-state index in [2.05, 4.69) is 36.3 Å². The molecule has 1 heterocycles. The minimum atomic E-state index is 0.622. The van der Waals surface area contributed by atoms with E-state index in [1.807, 2.05) is 0 Å². The van der Waals surface area contributed by atoms with Gasteiger partial charge in [-0.15, -0.1) is 0 Å². The average molecular weight is 249 g/mol. The van der Waals surface area contributed by atoms with Gasteiger partial charge in [0, 0.05) is 23.8 Å². The second-order valence-electron chi connectivity index (χ2n) is 5.83. The monoisotopic (exact) mass is 249 g/mol. The lowest BCUT2D eigenvalue weighted by atomic mass is 9.93. The van der Waals surface area contributed by atoms with Gasteiger partial charge in [0.2, 0.25) is 0 Å². The highest BCUT2D eigenvalue weighted by molar-refractivity contribution is 5.22. The highest BCUT2D eigenvalue weighted by atomic mass is 15.1. The molecule has 0 bridgehead atoms. The van der Waals surface area contributed by atoms with Crippen molar-refractivity contribution in [2.24, 2.45) is 5.92 Å². The molecule has 0 unspecified atom stereocenters. The van der Waals surface area contributed by atoms with E-state index in [0.717, 1.165) is 18.2 Å². The Kier molecular flexibility index (Phi) is 4.81. The van der Waals surface area contributed by atoms with Gasteiger partial charge in [-0.2, -0.15) is 5.10 Å². The third-order valence-electron chi connectivity index (χ3n) is 4.49. The number of H-pyrrole nitrogens is 1. The maximum Gasteiger partial charge on any atom is 0.0638 e. The van der Waals surface area contributed by atoms with Crippen molar-refractivity contribution >= 4 is 0 Å². The molecule has 0 amide bonds. The quantitative estimate of drug-likeness (QED) is 0.802. The zero-order chi connectivity index (χ0) is 13.0. The summed E-state index contributed by atoms with van der Waals surface area (Å²) in [6.45, 7) is 7.48. The van der Waals surface area contributed by atoms with Crippen LogP contribution in [0.2, 0.25) is 0 Å². The number of nitrogens with zero attached hydrogens (tertiary/aromatic N) is 1. The molecule has 1 aliphatic carbocycles. The van der Waals surface area contributed by atoms with Crippen LogP contribution >= 0.6 is 0 Å². The standard InChI is InChI=1S/C15H27N3/c1-11(14-8-6-4-5-7-9-14)16-10-15-12(2)17-18-13(15)3/h11,14,16H,4-10H2,1-3H3,(H,17,18)/t11-/m1/s1. The Morgan fingerprint density at radius 1 is 1.22 bits per heavy atom. The molecule has 3 nitrogen and oxygen atoms in total. The van der Waals surface area contributed by atoms with Crippen LogP contribution in [0.1, 0.15) is 62.4 Å². The van der Waals surface area contributed by atoms with Gasteiger partial charge >= 0.3 is 0 Å². The molecule has 1 saturated carbocycles. The number of aromatic amines is 1. The van der Waals surface area contributed by atoms with Crippen LogP contribution in [0.3, 0.4) is 0 Å².